The third-order valence-corrected chi connectivity index (χ3v) is 5.50. The molecule has 2 N–H and O–H groups in total. The van der Waals surface area contributed by atoms with Crippen LogP contribution in [0, 0.1) is 12.7 Å². The Morgan fingerprint density at radius 3 is 2.71 bits per heavy atom. The van der Waals surface area contributed by atoms with Crippen LogP contribution in [-0.2, 0) is 6.61 Å². The van der Waals surface area contributed by atoms with E-state index in [1.54, 1.807) is 42.8 Å². The molecule has 0 bridgehead atoms. The molecule has 0 spiro atoms. The van der Waals surface area contributed by atoms with Crippen LogP contribution in [0.4, 0.5) is 15.8 Å². The Bertz CT molecular complexity index is 1240. The Morgan fingerprint density at radius 2 is 2.00 bits per heavy atom. The van der Waals surface area contributed by atoms with E-state index in [4.69, 9.17) is 21.1 Å². The van der Waals surface area contributed by atoms with Gasteiger partial charge in [0, 0.05) is 34.8 Å². The Labute approximate surface area is 193 Å². The fourth-order valence-corrected chi connectivity index (χ4v) is 3.69. The number of thiazole rings is 1. The number of benzene rings is 2. The molecule has 0 radical (unpaired) electrons. The summed E-state index contributed by atoms with van der Waals surface area (Å²) in [6, 6.07) is 7.50. The Balaban J connectivity index is 0.00000272. The third-order valence-electron chi connectivity index (χ3n) is 4.37. The molecule has 4 rings (SSSR count). The summed E-state index contributed by atoms with van der Waals surface area (Å²) in [6.07, 6.45) is 1.60. The SMILES string of the molecule is COc1cc2c(Nc3cc(O)c(Cl)cc3F)ccnc2cc1OCc1csc(C)n1.Cl. The molecule has 0 unspecified atom stereocenters. The summed E-state index contributed by atoms with van der Waals surface area (Å²) < 4.78 is 25.6. The minimum atomic E-state index is -0.590. The second-order valence-corrected chi connectivity index (χ2v) is 7.90. The number of phenols is 1. The summed E-state index contributed by atoms with van der Waals surface area (Å²) in [7, 11) is 1.54. The van der Waals surface area contributed by atoms with Crippen LogP contribution in [0.25, 0.3) is 10.9 Å². The number of methoxy groups -OCH3 is 1. The molecule has 10 heteroatoms. The summed E-state index contributed by atoms with van der Waals surface area (Å²) in [6.45, 7) is 2.24. The van der Waals surface area contributed by atoms with Crippen molar-refractivity contribution in [2.24, 2.45) is 0 Å². The summed E-state index contributed by atoms with van der Waals surface area (Å²) in [5, 5.41) is 16.3. The van der Waals surface area contributed by atoms with E-state index in [0.717, 1.165) is 16.8 Å². The van der Waals surface area contributed by atoms with Crippen molar-refractivity contribution in [3.8, 4) is 17.2 Å². The van der Waals surface area contributed by atoms with Gasteiger partial charge in [-0.3, -0.25) is 4.98 Å². The molecule has 0 fully saturated rings. The molecule has 6 nitrogen and oxygen atoms in total. The number of ether oxygens (including phenoxy) is 2. The Morgan fingerprint density at radius 1 is 1.19 bits per heavy atom. The topological polar surface area (TPSA) is 76.5 Å². The quantitative estimate of drug-likeness (QED) is 0.338. The van der Waals surface area contributed by atoms with Gasteiger partial charge in [-0.2, -0.15) is 0 Å². The highest BCUT2D eigenvalue weighted by Gasteiger charge is 2.14. The van der Waals surface area contributed by atoms with E-state index in [1.165, 1.54) is 6.07 Å². The average molecular weight is 482 g/mol. The van der Waals surface area contributed by atoms with Crippen molar-refractivity contribution >= 4 is 57.6 Å². The number of aromatic hydroxyl groups is 1. The predicted molar refractivity (Wildman–Crippen MR) is 123 cm³/mol. The number of pyridine rings is 1. The van der Waals surface area contributed by atoms with E-state index < -0.39 is 5.82 Å². The van der Waals surface area contributed by atoms with Crippen molar-refractivity contribution < 1.29 is 19.0 Å². The molecule has 0 aliphatic heterocycles. The molecule has 4 aromatic rings. The van der Waals surface area contributed by atoms with E-state index in [2.05, 4.69) is 15.3 Å². The average Bonchev–Trinajstić information content (AvgIpc) is 3.15. The minimum Gasteiger partial charge on any atom is -0.506 e. The lowest BCUT2D eigenvalue weighted by Gasteiger charge is -2.14. The lowest BCUT2D eigenvalue weighted by molar-refractivity contribution is 0.282. The Hall–Kier alpha value is -2.81. The maximum absolute atomic E-state index is 14.3. The lowest BCUT2D eigenvalue weighted by atomic mass is 10.1. The van der Waals surface area contributed by atoms with Crippen LogP contribution in [0.1, 0.15) is 10.7 Å². The first-order chi connectivity index (χ1) is 14.4. The molecule has 2 heterocycles. The number of rotatable bonds is 6. The van der Waals surface area contributed by atoms with Crippen LogP contribution in [0.15, 0.2) is 41.9 Å². The van der Waals surface area contributed by atoms with Crippen molar-refractivity contribution in [1.82, 2.24) is 9.97 Å². The molecule has 162 valence electrons. The second kappa shape index (κ2) is 9.55. The highest BCUT2D eigenvalue weighted by atomic mass is 35.5. The maximum Gasteiger partial charge on any atom is 0.163 e. The minimum absolute atomic E-state index is 0. The number of aryl methyl sites for hydroxylation is 1. The van der Waals surface area contributed by atoms with Crippen LogP contribution in [0.5, 0.6) is 17.2 Å². The van der Waals surface area contributed by atoms with Crippen molar-refractivity contribution in [2.45, 2.75) is 13.5 Å². The van der Waals surface area contributed by atoms with Crippen LogP contribution in [0.2, 0.25) is 5.02 Å². The standard InChI is InChI=1S/C21H17ClFN3O3S.ClH/c1-11-25-12(10-30-11)9-29-21-8-17-13(5-20(21)28-2)16(3-4-24-17)26-18-7-19(27)14(22)6-15(18)23;/h3-8,10,27H,9H2,1-2H3,(H,24,26);1H. The van der Waals surface area contributed by atoms with Gasteiger partial charge >= 0.3 is 0 Å². The number of phenolic OH excluding ortho intramolecular Hbond substituents is 1. The van der Waals surface area contributed by atoms with Gasteiger partial charge in [0.2, 0.25) is 0 Å². The zero-order chi connectivity index (χ0) is 21.3. The molecular weight excluding hydrogens is 464 g/mol. The first kappa shape index (κ1) is 22.9. The molecule has 0 aliphatic carbocycles. The number of anilines is 2. The van der Waals surface area contributed by atoms with E-state index in [0.29, 0.717) is 34.7 Å². The van der Waals surface area contributed by atoms with Gasteiger partial charge in [0.05, 0.1) is 34.0 Å². The first-order valence-electron chi connectivity index (χ1n) is 8.90. The lowest BCUT2D eigenvalue weighted by Crippen LogP contribution is -2.00. The van der Waals surface area contributed by atoms with Gasteiger partial charge in [0.1, 0.15) is 18.2 Å². The molecular formula is C21H18Cl2FN3O3S. The molecule has 31 heavy (non-hydrogen) atoms. The summed E-state index contributed by atoms with van der Waals surface area (Å²) in [4.78, 5) is 8.77. The number of fused-ring (bicyclic) bond motifs is 1. The van der Waals surface area contributed by atoms with Crippen molar-refractivity contribution in [1.29, 1.82) is 0 Å². The fourth-order valence-electron chi connectivity index (χ4n) is 2.94. The van der Waals surface area contributed by atoms with E-state index in [9.17, 15) is 9.50 Å². The summed E-state index contributed by atoms with van der Waals surface area (Å²) >= 11 is 7.31. The zero-order valence-corrected chi connectivity index (χ0v) is 18.9. The van der Waals surface area contributed by atoms with Gasteiger partial charge < -0.3 is 19.9 Å². The van der Waals surface area contributed by atoms with E-state index >= 15 is 0 Å². The molecule has 0 aliphatic rings. The largest absolute Gasteiger partial charge is 0.506 e. The monoisotopic (exact) mass is 481 g/mol. The molecule has 0 saturated heterocycles. The summed E-state index contributed by atoms with van der Waals surface area (Å²) in [5.74, 6) is 0.221. The van der Waals surface area contributed by atoms with Crippen LogP contribution >= 0.6 is 35.3 Å². The fraction of sp³-hybridized carbons (Fsp3) is 0.143. The number of nitrogens with one attached hydrogen (secondary N) is 1. The van der Waals surface area contributed by atoms with Gasteiger partial charge in [0.15, 0.2) is 11.5 Å². The van der Waals surface area contributed by atoms with E-state index in [-0.39, 0.29) is 28.9 Å². The van der Waals surface area contributed by atoms with Gasteiger partial charge in [0.25, 0.3) is 0 Å². The number of hydrogen-bond acceptors (Lipinski definition) is 7. The Kier molecular flexibility index (Phi) is 7.04. The van der Waals surface area contributed by atoms with Crippen molar-refractivity contribution in [3.63, 3.8) is 0 Å². The van der Waals surface area contributed by atoms with Gasteiger partial charge in [-0.05, 0) is 25.1 Å². The van der Waals surface area contributed by atoms with Gasteiger partial charge in [-0.15, -0.1) is 23.7 Å². The molecule has 0 amide bonds. The van der Waals surface area contributed by atoms with Crippen molar-refractivity contribution in [2.75, 3.05) is 12.4 Å². The van der Waals surface area contributed by atoms with Crippen LogP contribution in [0.3, 0.4) is 0 Å². The van der Waals surface area contributed by atoms with Gasteiger partial charge in [-0.1, -0.05) is 11.6 Å². The van der Waals surface area contributed by atoms with Gasteiger partial charge in [-0.25, -0.2) is 9.37 Å². The number of halogens is 3. The van der Waals surface area contributed by atoms with Crippen molar-refractivity contribution in [3.05, 3.63) is 63.5 Å². The maximum atomic E-state index is 14.3. The predicted octanol–water partition coefficient (Wildman–Crippen LogP) is 6.25. The number of nitrogens with zero attached hydrogens (tertiary/aromatic N) is 2. The zero-order valence-electron chi connectivity index (χ0n) is 16.5. The highest BCUT2D eigenvalue weighted by Crippen LogP contribution is 2.37. The van der Waals surface area contributed by atoms with Crippen LogP contribution < -0.4 is 14.8 Å². The molecule has 0 saturated carbocycles. The normalized spacial score (nSPS) is 10.6. The smallest absolute Gasteiger partial charge is 0.163 e. The number of aromatic nitrogens is 2. The number of hydrogen-bond donors (Lipinski definition) is 2. The summed E-state index contributed by atoms with van der Waals surface area (Å²) in [5.41, 5.74) is 2.13. The van der Waals surface area contributed by atoms with E-state index in [1.807, 2.05) is 12.3 Å². The molecule has 2 aromatic heterocycles. The second-order valence-electron chi connectivity index (χ2n) is 6.43. The third kappa shape index (κ3) is 4.92. The first-order valence-corrected chi connectivity index (χ1v) is 10.2. The highest BCUT2D eigenvalue weighted by molar-refractivity contribution is 7.09. The molecule has 2 aromatic carbocycles. The molecule has 0 atom stereocenters. The van der Waals surface area contributed by atoms with Crippen LogP contribution in [-0.4, -0.2) is 22.2 Å².